The van der Waals surface area contributed by atoms with Crippen LogP contribution < -0.4 is 0 Å². The van der Waals surface area contributed by atoms with E-state index < -0.39 is 0 Å². The van der Waals surface area contributed by atoms with Crippen molar-refractivity contribution in [3.63, 3.8) is 0 Å². The highest BCUT2D eigenvalue weighted by molar-refractivity contribution is 5.95. The fourth-order valence-electron chi connectivity index (χ4n) is 4.03. The molecule has 1 amide bonds. The molecule has 1 saturated heterocycles. The molecule has 4 aromatic rings. The van der Waals surface area contributed by atoms with Crippen molar-refractivity contribution in [2.24, 2.45) is 0 Å². The third-order valence-electron chi connectivity index (χ3n) is 5.48. The molecule has 4 nitrogen and oxygen atoms in total. The van der Waals surface area contributed by atoms with Crippen LogP contribution in [0, 0.1) is 0 Å². The summed E-state index contributed by atoms with van der Waals surface area (Å²) in [6, 6.07) is 26.1. The quantitative estimate of drug-likeness (QED) is 0.540. The summed E-state index contributed by atoms with van der Waals surface area (Å²) in [5.41, 5.74) is 4.96. The summed E-state index contributed by atoms with van der Waals surface area (Å²) < 4.78 is 0. The predicted octanol–water partition coefficient (Wildman–Crippen LogP) is 5.21. The van der Waals surface area contributed by atoms with E-state index in [1.807, 2.05) is 71.6 Å². The summed E-state index contributed by atoms with van der Waals surface area (Å²) >= 11 is 0. The van der Waals surface area contributed by atoms with Crippen molar-refractivity contribution in [1.82, 2.24) is 14.9 Å². The molecule has 1 N–H and O–H groups in total. The van der Waals surface area contributed by atoms with Gasteiger partial charge in [0.05, 0.1) is 17.1 Å². The van der Waals surface area contributed by atoms with Gasteiger partial charge in [-0.15, -0.1) is 0 Å². The second kappa shape index (κ2) is 6.97. The Morgan fingerprint density at radius 3 is 2.39 bits per heavy atom. The molecule has 2 heterocycles. The molecule has 0 unspecified atom stereocenters. The Morgan fingerprint density at radius 1 is 0.893 bits per heavy atom. The lowest BCUT2D eigenvalue weighted by molar-refractivity contribution is 0.0730. The summed E-state index contributed by atoms with van der Waals surface area (Å²) in [6.07, 6.45) is 1.93. The maximum atomic E-state index is 13.2. The minimum atomic E-state index is 0.00806. The van der Waals surface area contributed by atoms with Gasteiger partial charge in [0.25, 0.3) is 5.91 Å². The van der Waals surface area contributed by atoms with E-state index in [1.165, 1.54) is 0 Å². The van der Waals surface area contributed by atoms with Crippen LogP contribution in [0.25, 0.3) is 22.2 Å². The molecule has 4 heteroatoms. The lowest BCUT2D eigenvalue weighted by Gasteiger charge is -2.23. The second-order valence-electron chi connectivity index (χ2n) is 7.24. The maximum Gasteiger partial charge on any atom is 0.254 e. The van der Waals surface area contributed by atoms with E-state index in [9.17, 15) is 4.79 Å². The van der Waals surface area contributed by atoms with E-state index in [0.717, 1.165) is 52.9 Å². The zero-order valence-corrected chi connectivity index (χ0v) is 15.5. The van der Waals surface area contributed by atoms with E-state index >= 15 is 0 Å². The van der Waals surface area contributed by atoms with Gasteiger partial charge in [-0.2, -0.15) is 0 Å². The first-order chi connectivity index (χ1) is 13.8. The summed E-state index contributed by atoms with van der Waals surface area (Å²) in [4.78, 5) is 23.3. The fourth-order valence-corrected chi connectivity index (χ4v) is 4.03. The second-order valence-corrected chi connectivity index (χ2v) is 7.24. The average molecular weight is 367 g/mol. The molecule has 0 aliphatic carbocycles. The van der Waals surface area contributed by atoms with Crippen LogP contribution in [0.4, 0.5) is 0 Å². The van der Waals surface area contributed by atoms with Gasteiger partial charge in [0, 0.05) is 12.1 Å². The van der Waals surface area contributed by atoms with Gasteiger partial charge in [-0.05, 0) is 48.2 Å². The van der Waals surface area contributed by atoms with Crippen molar-refractivity contribution in [3.05, 3.63) is 90.3 Å². The largest absolute Gasteiger partial charge is 0.340 e. The third kappa shape index (κ3) is 2.97. The van der Waals surface area contributed by atoms with Gasteiger partial charge in [0.2, 0.25) is 0 Å². The SMILES string of the molecule is O=C(c1ccc(-c2ccccc2)cc1)N1CCC[C@@H]1c1nc2ccccc2[nH]1. The molecule has 0 bridgehead atoms. The normalized spacial score (nSPS) is 16.6. The Labute approximate surface area is 163 Å². The van der Waals surface area contributed by atoms with Crippen LogP contribution in [0.3, 0.4) is 0 Å². The molecule has 1 aliphatic rings. The number of benzene rings is 3. The smallest absolute Gasteiger partial charge is 0.254 e. The first kappa shape index (κ1) is 16.8. The highest BCUT2D eigenvalue weighted by Gasteiger charge is 2.32. The minimum absolute atomic E-state index is 0.00806. The molecular formula is C24H21N3O. The van der Waals surface area contributed by atoms with Crippen molar-refractivity contribution in [2.75, 3.05) is 6.54 Å². The molecule has 28 heavy (non-hydrogen) atoms. The van der Waals surface area contributed by atoms with Crippen LogP contribution in [0.5, 0.6) is 0 Å². The van der Waals surface area contributed by atoms with Crippen LogP contribution in [-0.2, 0) is 0 Å². The number of aromatic nitrogens is 2. The first-order valence-corrected chi connectivity index (χ1v) is 9.71. The Kier molecular flexibility index (Phi) is 4.17. The number of nitrogens with zero attached hydrogens (tertiary/aromatic N) is 2. The van der Waals surface area contributed by atoms with Crippen LogP contribution in [-0.4, -0.2) is 27.3 Å². The van der Waals surface area contributed by atoms with Gasteiger partial charge < -0.3 is 9.88 Å². The van der Waals surface area contributed by atoms with E-state index in [2.05, 4.69) is 17.1 Å². The van der Waals surface area contributed by atoms with E-state index in [4.69, 9.17) is 4.98 Å². The fraction of sp³-hybridized carbons (Fsp3) is 0.167. The molecule has 1 aromatic heterocycles. The Morgan fingerprint density at radius 2 is 1.61 bits per heavy atom. The lowest BCUT2D eigenvalue weighted by Crippen LogP contribution is -2.31. The molecular weight excluding hydrogens is 346 g/mol. The molecule has 3 aromatic carbocycles. The lowest BCUT2D eigenvalue weighted by atomic mass is 10.0. The maximum absolute atomic E-state index is 13.2. The van der Waals surface area contributed by atoms with E-state index in [-0.39, 0.29) is 11.9 Å². The van der Waals surface area contributed by atoms with Crippen LogP contribution in [0.2, 0.25) is 0 Å². The summed E-state index contributed by atoms with van der Waals surface area (Å²) in [5, 5.41) is 0. The topological polar surface area (TPSA) is 49.0 Å². The Hall–Kier alpha value is -3.40. The first-order valence-electron chi connectivity index (χ1n) is 9.71. The number of nitrogens with one attached hydrogen (secondary N) is 1. The number of amides is 1. The zero-order chi connectivity index (χ0) is 18.9. The molecule has 0 spiro atoms. The number of carbonyl (C=O) groups is 1. The summed E-state index contributed by atoms with van der Waals surface area (Å²) in [6.45, 7) is 0.765. The number of likely N-dealkylation sites (tertiary alicyclic amines) is 1. The molecule has 1 aliphatic heterocycles. The zero-order valence-electron chi connectivity index (χ0n) is 15.5. The van der Waals surface area contributed by atoms with Crippen LogP contribution in [0.15, 0.2) is 78.9 Å². The molecule has 0 saturated carbocycles. The van der Waals surface area contributed by atoms with Gasteiger partial charge >= 0.3 is 0 Å². The minimum Gasteiger partial charge on any atom is -0.340 e. The summed E-state index contributed by atoms with van der Waals surface area (Å²) in [7, 11) is 0. The van der Waals surface area contributed by atoms with Crippen molar-refractivity contribution in [2.45, 2.75) is 18.9 Å². The highest BCUT2D eigenvalue weighted by Crippen LogP contribution is 2.33. The molecule has 0 radical (unpaired) electrons. The number of H-pyrrole nitrogens is 1. The number of hydrogen-bond acceptors (Lipinski definition) is 2. The van der Waals surface area contributed by atoms with Gasteiger partial charge in [-0.1, -0.05) is 54.6 Å². The number of aromatic amines is 1. The van der Waals surface area contributed by atoms with Gasteiger partial charge in [0.1, 0.15) is 5.82 Å². The predicted molar refractivity (Wildman–Crippen MR) is 111 cm³/mol. The van der Waals surface area contributed by atoms with Crippen molar-refractivity contribution >= 4 is 16.9 Å². The number of para-hydroxylation sites is 2. The van der Waals surface area contributed by atoms with Crippen LogP contribution in [0.1, 0.15) is 35.1 Å². The van der Waals surface area contributed by atoms with Gasteiger partial charge in [-0.25, -0.2) is 4.98 Å². The standard InChI is InChI=1S/C24H21N3O/c28-24(19-14-12-18(13-15-19)17-7-2-1-3-8-17)27-16-6-11-22(27)23-25-20-9-4-5-10-21(20)26-23/h1-5,7-10,12-15,22H,6,11,16H2,(H,25,26)/t22-/m1/s1. The molecule has 138 valence electrons. The molecule has 1 atom stereocenters. The number of fused-ring (bicyclic) bond motifs is 1. The monoisotopic (exact) mass is 367 g/mol. The number of rotatable bonds is 3. The Bertz CT molecular complexity index is 1080. The number of hydrogen-bond donors (Lipinski definition) is 1. The highest BCUT2D eigenvalue weighted by atomic mass is 16.2. The number of carbonyl (C=O) groups excluding carboxylic acids is 1. The number of imidazole rings is 1. The van der Waals surface area contributed by atoms with E-state index in [0.29, 0.717) is 0 Å². The van der Waals surface area contributed by atoms with Crippen molar-refractivity contribution in [3.8, 4) is 11.1 Å². The van der Waals surface area contributed by atoms with E-state index in [1.54, 1.807) is 0 Å². The molecule has 5 rings (SSSR count). The van der Waals surface area contributed by atoms with Gasteiger partial charge in [-0.3, -0.25) is 4.79 Å². The van der Waals surface area contributed by atoms with Crippen molar-refractivity contribution in [1.29, 1.82) is 0 Å². The molecule has 1 fully saturated rings. The average Bonchev–Trinajstić information content (AvgIpc) is 3.41. The van der Waals surface area contributed by atoms with Crippen molar-refractivity contribution < 1.29 is 4.79 Å². The van der Waals surface area contributed by atoms with Gasteiger partial charge in [0.15, 0.2) is 0 Å². The van der Waals surface area contributed by atoms with Crippen LogP contribution >= 0.6 is 0 Å². The Balaban J connectivity index is 1.41. The third-order valence-corrected chi connectivity index (χ3v) is 5.48. The summed E-state index contributed by atoms with van der Waals surface area (Å²) in [5.74, 6) is 0.954.